The lowest BCUT2D eigenvalue weighted by Gasteiger charge is -2.07. The Hall–Kier alpha value is -1.05. The maximum Gasteiger partial charge on any atom is 0.277 e. The van der Waals surface area contributed by atoms with Crippen molar-refractivity contribution in [3.8, 4) is 10.8 Å². The fraction of sp³-hybridized carbons (Fsp3) is 0.364. The summed E-state index contributed by atoms with van der Waals surface area (Å²) in [4.78, 5) is 14.3. The highest BCUT2D eigenvalue weighted by atomic mass is 35.5. The highest BCUT2D eigenvalue weighted by molar-refractivity contribution is 8.00. The van der Waals surface area contributed by atoms with E-state index in [0.29, 0.717) is 15.4 Å². The molecule has 1 saturated heterocycles. The lowest BCUT2D eigenvalue weighted by atomic mass is 10.4. The van der Waals surface area contributed by atoms with Crippen molar-refractivity contribution >= 4 is 40.6 Å². The first kappa shape index (κ1) is 13.0. The summed E-state index contributed by atoms with van der Waals surface area (Å²) in [5, 5.41) is 8.24. The summed E-state index contributed by atoms with van der Waals surface area (Å²) in [6, 6.07) is 3.62. The maximum atomic E-state index is 11.8. The Morgan fingerprint density at radius 1 is 1.53 bits per heavy atom. The van der Waals surface area contributed by atoms with Crippen LogP contribution in [0.25, 0.3) is 10.8 Å². The zero-order valence-corrected chi connectivity index (χ0v) is 12.4. The Kier molecular flexibility index (Phi) is 3.51. The molecule has 1 fully saturated rings. The number of rotatable bonds is 3. The minimum Gasteiger partial charge on any atom is -0.410 e. The Morgan fingerprint density at radius 2 is 2.37 bits per heavy atom. The van der Waals surface area contributed by atoms with Crippen molar-refractivity contribution < 1.29 is 9.21 Å². The summed E-state index contributed by atoms with van der Waals surface area (Å²) in [5.74, 6) is 0.558. The Labute approximate surface area is 122 Å². The molecule has 0 saturated carbocycles. The molecule has 0 aromatic carbocycles. The first-order valence-corrected chi connectivity index (χ1v) is 7.72. The highest BCUT2D eigenvalue weighted by Crippen LogP contribution is 2.34. The summed E-state index contributed by atoms with van der Waals surface area (Å²) < 4.78 is 6.23. The van der Waals surface area contributed by atoms with Crippen molar-refractivity contribution in [2.45, 2.75) is 16.9 Å². The van der Waals surface area contributed by atoms with Crippen LogP contribution in [-0.4, -0.2) is 39.8 Å². The molecule has 19 heavy (non-hydrogen) atoms. The van der Waals surface area contributed by atoms with Gasteiger partial charge in [-0.3, -0.25) is 4.79 Å². The summed E-state index contributed by atoms with van der Waals surface area (Å²) in [6.45, 7) is 0.776. The number of amides is 1. The van der Waals surface area contributed by atoms with Crippen molar-refractivity contribution in [3.05, 3.63) is 16.5 Å². The van der Waals surface area contributed by atoms with Crippen LogP contribution in [0.15, 0.2) is 21.8 Å². The van der Waals surface area contributed by atoms with Crippen LogP contribution in [0.4, 0.5) is 0 Å². The number of carbonyl (C=O) groups excluding carboxylic acids is 1. The van der Waals surface area contributed by atoms with Crippen molar-refractivity contribution in [3.63, 3.8) is 0 Å². The number of nitrogens with zero attached hydrogens (tertiary/aromatic N) is 3. The monoisotopic (exact) mass is 315 g/mol. The number of carbonyl (C=O) groups is 1. The van der Waals surface area contributed by atoms with Gasteiger partial charge in [-0.15, -0.1) is 21.5 Å². The van der Waals surface area contributed by atoms with Crippen molar-refractivity contribution in [2.75, 3.05) is 13.6 Å². The molecular formula is C11H10ClN3O2S2. The molecule has 0 unspecified atom stereocenters. The third kappa shape index (κ3) is 2.63. The molecular weight excluding hydrogens is 306 g/mol. The fourth-order valence-corrected chi connectivity index (χ4v) is 3.73. The van der Waals surface area contributed by atoms with Crippen LogP contribution in [0, 0.1) is 0 Å². The van der Waals surface area contributed by atoms with Gasteiger partial charge in [-0.25, -0.2) is 0 Å². The van der Waals surface area contributed by atoms with Crippen LogP contribution in [0.5, 0.6) is 0 Å². The standard InChI is InChI=1S/C11H10ClN3O2S2/c1-15-5-4-7(10(15)16)19-11-14-13-9(17-11)6-2-3-8(12)18-6/h2-3,7H,4-5H2,1H3/t7-/m0/s1. The number of thioether (sulfide) groups is 1. The minimum atomic E-state index is -0.120. The first-order chi connectivity index (χ1) is 9.13. The van der Waals surface area contributed by atoms with Crippen LogP contribution >= 0.6 is 34.7 Å². The molecule has 0 bridgehead atoms. The predicted octanol–water partition coefficient (Wildman–Crippen LogP) is 2.77. The van der Waals surface area contributed by atoms with E-state index in [1.807, 2.05) is 6.07 Å². The predicted molar refractivity (Wildman–Crippen MR) is 74.5 cm³/mol. The summed E-state index contributed by atoms with van der Waals surface area (Å²) in [6.07, 6.45) is 0.808. The van der Waals surface area contributed by atoms with Crippen LogP contribution in [-0.2, 0) is 4.79 Å². The van der Waals surface area contributed by atoms with E-state index in [9.17, 15) is 4.79 Å². The molecule has 8 heteroatoms. The summed E-state index contributed by atoms with van der Waals surface area (Å²) in [7, 11) is 1.80. The van der Waals surface area contributed by atoms with E-state index >= 15 is 0 Å². The molecule has 1 amide bonds. The van der Waals surface area contributed by atoms with E-state index in [-0.39, 0.29) is 11.2 Å². The molecule has 3 rings (SSSR count). The van der Waals surface area contributed by atoms with E-state index in [0.717, 1.165) is 17.8 Å². The SMILES string of the molecule is CN1CC[C@H](Sc2nnc(-c3ccc(Cl)s3)o2)C1=O. The largest absolute Gasteiger partial charge is 0.410 e. The van der Waals surface area contributed by atoms with Gasteiger partial charge in [0.15, 0.2) is 0 Å². The van der Waals surface area contributed by atoms with Gasteiger partial charge in [-0.1, -0.05) is 23.4 Å². The molecule has 0 radical (unpaired) electrons. The second-order valence-electron chi connectivity index (χ2n) is 4.13. The molecule has 1 aliphatic rings. The van der Waals surface area contributed by atoms with E-state index in [4.69, 9.17) is 16.0 Å². The van der Waals surface area contributed by atoms with Gasteiger partial charge in [0.25, 0.3) is 11.1 Å². The summed E-state index contributed by atoms with van der Waals surface area (Å²) in [5.41, 5.74) is 0. The third-order valence-electron chi connectivity index (χ3n) is 2.81. The van der Waals surface area contributed by atoms with Gasteiger partial charge in [0.05, 0.1) is 14.5 Å². The number of halogens is 1. The third-order valence-corrected chi connectivity index (χ3v) is 5.12. The average molecular weight is 316 g/mol. The molecule has 1 aliphatic heterocycles. The van der Waals surface area contributed by atoms with Gasteiger partial charge < -0.3 is 9.32 Å². The zero-order chi connectivity index (χ0) is 13.4. The van der Waals surface area contributed by atoms with Gasteiger partial charge in [0, 0.05) is 13.6 Å². The van der Waals surface area contributed by atoms with Gasteiger partial charge in [-0.05, 0) is 18.6 Å². The molecule has 0 aliphatic carbocycles. The van der Waals surface area contributed by atoms with Crippen LogP contribution in [0.3, 0.4) is 0 Å². The quantitative estimate of drug-likeness (QED) is 0.871. The van der Waals surface area contributed by atoms with Crippen LogP contribution in [0.2, 0.25) is 4.34 Å². The molecule has 5 nitrogen and oxygen atoms in total. The first-order valence-electron chi connectivity index (χ1n) is 5.64. The zero-order valence-electron chi connectivity index (χ0n) is 10.00. The van der Waals surface area contributed by atoms with Crippen molar-refractivity contribution in [1.29, 1.82) is 0 Å². The van der Waals surface area contributed by atoms with Gasteiger partial charge in [0.1, 0.15) is 0 Å². The number of aromatic nitrogens is 2. The lowest BCUT2D eigenvalue weighted by Crippen LogP contribution is -2.23. The van der Waals surface area contributed by atoms with Crippen LogP contribution in [0.1, 0.15) is 6.42 Å². The Morgan fingerprint density at radius 3 is 3.00 bits per heavy atom. The summed E-state index contributed by atoms with van der Waals surface area (Å²) >= 11 is 8.57. The number of thiophene rings is 1. The highest BCUT2D eigenvalue weighted by Gasteiger charge is 2.31. The van der Waals surface area contributed by atoms with Crippen LogP contribution < -0.4 is 0 Å². The van der Waals surface area contributed by atoms with E-state index in [2.05, 4.69) is 10.2 Å². The smallest absolute Gasteiger partial charge is 0.277 e. The number of likely N-dealkylation sites (tertiary alicyclic amines) is 1. The van der Waals surface area contributed by atoms with E-state index in [1.54, 1.807) is 18.0 Å². The maximum absolute atomic E-state index is 11.8. The number of hydrogen-bond donors (Lipinski definition) is 0. The van der Waals surface area contributed by atoms with Gasteiger partial charge in [0.2, 0.25) is 5.91 Å². The minimum absolute atomic E-state index is 0.115. The van der Waals surface area contributed by atoms with E-state index in [1.165, 1.54) is 23.1 Å². The van der Waals surface area contributed by atoms with Gasteiger partial charge >= 0.3 is 0 Å². The average Bonchev–Trinajstić information content (AvgIpc) is 3.07. The molecule has 2 aromatic rings. The topological polar surface area (TPSA) is 59.2 Å². The molecule has 0 N–H and O–H groups in total. The van der Waals surface area contributed by atoms with Crippen molar-refractivity contribution in [2.24, 2.45) is 0 Å². The molecule has 3 heterocycles. The molecule has 100 valence electrons. The normalized spacial score (nSPS) is 19.4. The molecule has 2 aromatic heterocycles. The van der Waals surface area contributed by atoms with E-state index < -0.39 is 0 Å². The fourth-order valence-electron chi connectivity index (χ4n) is 1.81. The second kappa shape index (κ2) is 5.15. The van der Waals surface area contributed by atoms with Crippen molar-refractivity contribution in [1.82, 2.24) is 15.1 Å². The second-order valence-corrected chi connectivity index (χ2v) is 7.00. The number of hydrogen-bond acceptors (Lipinski definition) is 6. The lowest BCUT2D eigenvalue weighted by molar-refractivity contribution is -0.126. The Balaban J connectivity index is 1.73. The Bertz CT molecular complexity index is 613. The molecule has 0 spiro atoms. The molecule has 1 atom stereocenters. The van der Waals surface area contributed by atoms with Gasteiger partial charge in [-0.2, -0.15) is 0 Å².